The van der Waals surface area contributed by atoms with Crippen LogP contribution in [-0.4, -0.2) is 0 Å². The van der Waals surface area contributed by atoms with Crippen LogP contribution in [0.4, 0.5) is 0 Å². The molecule has 0 spiro atoms. The van der Waals surface area contributed by atoms with E-state index in [1.54, 1.807) is 0 Å². The fraction of sp³-hybridized carbons (Fsp3) is 0.0400. The highest BCUT2D eigenvalue weighted by molar-refractivity contribution is 6.07. The lowest BCUT2D eigenvalue weighted by atomic mass is 9.57. The first-order valence-electron chi connectivity index (χ1n) is 17.5. The third kappa shape index (κ3) is 4.76. The summed E-state index contributed by atoms with van der Waals surface area (Å²) in [6.45, 7) is 0. The van der Waals surface area contributed by atoms with Crippen LogP contribution in [-0.2, 0) is 5.41 Å². The van der Waals surface area contributed by atoms with Crippen LogP contribution >= 0.6 is 0 Å². The molecule has 0 aromatic heterocycles. The second-order valence-corrected chi connectivity index (χ2v) is 13.1. The van der Waals surface area contributed by atoms with Crippen LogP contribution in [0.1, 0.15) is 50.9 Å². The normalized spacial score (nSPS) is 14.7. The standard InChI is InChI=1S/C50H36/c1-7-21-36(22-8-1)46(37-23-9-2-10-24-37)43-35-44-47(38-25-11-3-12-26-38)42-33-19-20-34-45(42)50(40-29-15-5-16-30-40,41-31-17-6-18-32-41)49(44)48(43)39-27-13-4-14-28-39/h1-34H,35H2. The number of allylic oxidation sites excluding steroid dienone is 4. The first-order chi connectivity index (χ1) is 24.9. The highest BCUT2D eigenvalue weighted by Crippen LogP contribution is 2.63. The van der Waals surface area contributed by atoms with Gasteiger partial charge in [0.2, 0.25) is 0 Å². The molecule has 0 heteroatoms. The number of hydrogen-bond donors (Lipinski definition) is 0. The third-order valence-corrected chi connectivity index (χ3v) is 10.4. The van der Waals surface area contributed by atoms with Crippen molar-refractivity contribution in [2.24, 2.45) is 0 Å². The summed E-state index contributed by atoms with van der Waals surface area (Å²) in [4.78, 5) is 0. The van der Waals surface area contributed by atoms with Crippen molar-refractivity contribution >= 4 is 16.7 Å². The van der Waals surface area contributed by atoms with Crippen LogP contribution in [0.15, 0.2) is 223 Å². The molecular weight excluding hydrogens is 601 g/mol. The first kappa shape index (κ1) is 29.9. The van der Waals surface area contributed by atoms with E-state index in [-0.39, 0.29) is 0 Å². The van der Waals surface area contributed by atoms with Gasteiger partial charge in [-0.15, -0.1) is 0 Å². The molecule has 0 heterocycles. The summed E-state index contributed by atoms with van der Waals surface area (Å²) in [5, 5.41) is 0. The minimum Gasteiger partial charge on any atom is -0.0622 e. The monoisotopic (exact) mass is 636 g/mol. The van der Waals surface area contributed by atoms with Gasteiger partial charge >= 0.3 is 0 Å². The zero-order valence-electron chi connectivity index (χ0n) is 27.8. The van der Waals surface area contributed by atoms with Crippen molar-refractivity contribution in [2.45, 2.75) is 11.8 Å². The van der Waals surface area contributed by atoms with Crippen LogP contribution in [0.3, 0.4) is 0 Å². The Balaban J connectivity index is 1.56. The minimum atomic E-state index is -0.571. The van der Waals surface area contributed by atoms with E-state index in [0.29, 0.717) is 0 Å². The average molecular weight is 637 g/mol. The lowest BCUT2D eigenvalue weighted by molar-refractivity contribution is 0.726. The van der Waals surface area contributed by atoms with E-state index in [1.807, 2.05) is 0 Å². The lowest BCUT2D eigenvalue weighted by Gasteiger charge is -2.44. The Morgan fingerprint density at radius 1 is 0.380 bits per heavy atom. The van der Waals surface area contributed by atoms with Crippen molar-refractivity contribution in [1.29, 1.82) is 0 Å². The van der Waals surface area contributed by atoms with Crippen LogP contribution in [0.2, 0.25) is 0 Å². The molecular formula is C50H36. The van der Waals surface area contributed by atoms with Gasteiger partial charge < -0.3 is 0 Å². The summed E-state index contributed by atoms with van der Waals surface area (Å²) < 4.78 is 0. The van der Waals surface area contributed by atoms with Crippen LogP contribution in [0.25, 0.3) is 16.7 Å². The van der Waals surface area contributed by atoms with Gasteiger partial charge in [-0.25, -0.2) is 0 Å². The molecule has 7 aromatic rings. The number of benzene rings is 7. The maximum absolute atomic E-state index is 2.38. The minimum absolute atomic E-state index is 0.571. The predicted molar refractivity (Wildman–Crippen MR) is 209 cm³/mol. The van der Waals surface area contributed by atoms with Crippen LogP contribution in [0, 0.1) is 0 Å². The van der Waals surface area contributed by atoms with Crippen molar-refractivity contribution in [3.05, 3.63) is 267 Å². The van der Waals surface area contributed by atoms with Crippen molar-refractivity contribution in [1.82, 2.24) is 0 Å². The van der Waals surface area contributed by atoms with Crippen molar-refractivity contribution < 1.29 is 0 Å². The van der Waals surface area contributed by atoms with E-state index >= 15 is 0 Å². The number of rotatable bonds is 6. The zero-order chi connectivity index (χ0) is 33.3. The summed E-state index contributed by atoms with van der Waals surface area (Å²) in [6, 6.07) is 75.7. The Bertz CT molecular complexity index is 2300. The fourth-order valence-corrected chi connectivity index (χ4v) is 8.55. The molecule has 50 heavy (non-hydrogen) atoms. The SMILES string of the molecule is c1ccc(C2=C3C(=C(c4ccccc4)c4ccccc4C3(c3ccccc3)c3ccccc3)CC2=C(c2ccccc2)c2ccccc2)cc1. The lowest BCUT2D eigenvalue weighted by Crippen LogP contribution is -2.36. The highest BCUT2D eigenvalue weighted by Gasteiger charge is 2.51. The van der Waals surface area contributed by atoms with Crippen LogP contribution < -0.4 is 0 Å². The fourth-order valence-electron chi connectivity index (χ4n) is 8.55. The molecule has 236 valence electrons. The molecule has 0 saturated heterocycles. The summed E-state index contributed by atoms with van der Waals surface area (Å²) >= 11 is 0. The molecule has 0 unspecified atom stereocenters. The summed E-state index contributed by atoms with van der Waals surface area (Å²) in [6.07, 6.45) is 0.804. The number of hydrogen-bond acceptors (Lipinski definition) is 0. The Labute approximate surface area is 295 Å². The Morgan fingerprint density at radius 3 is 1.28 bits per heavy atom. The molecule has 0 atom stereocenters. The topological polar surface area (TPSA) is 0 Å². The molecule has 0 nitrogen and oxygen atoms in total. The van der Waals surface area contributed by atoms with E-state index in [0.717, 1.165) is 6.42 Å². The van der Waals surface area contributed by atoms with E-state index in [9.17, 15) is 0 Å². The van der Waals surface area contributed by atoms with Gasteiger partial charge in [0.15, 0.2) is 0 Å². The molecule has 0 fully saturated rings. The second-order valence-electron chi connectivity index (χ2n) is 13.1. The smallest absolute Gasteiger partial charge is 0.0622 e. The Morgan fingerprint density at radius 2 is 0.780 bits per heavy atom. The molecule has 0 bridgehead atoms. The molecule has 7 aromatic carbocycles. The van der Waals surface area contributed by atoms with Crippen molar-refractivity contribution in [2.75, 3.05) is 0 Å². The zero-order valence-corrected chi connectivity index (χ0v) is 27.8. The van der Waals surface area contributed by atoms with Gasteiger partial charge in [0.1, 0.15) is 0 Å². The maximum atomic E-state index is 2.38. The van der Waals surface area contributed by atoms with Gasteiger partial charge in [0, 0.05) is 0 Å². The average Bonchev–Trinajstić information content (AvgIpc) is 3.59. The Hall–Kier alpha value is -6.24. The maximum Gasteiger partial charge on any atom is 0.0716 e. The predicted octanol–water partition coefficient (Wildman–Crippen LogP) is 12.2. The molecule has 9 rings (SSSR count). The van der Waals surface area contributed by atoms with Gasteiger partial charge in [-0.2, -0.15) is 0 Å². The van der Waals surface area contributed by atoms with Gasteiger partial charge in [0.25, 0.3) is 0 Å². The van der Waals surface area contributed by atoms with Crippen molar-refractivity contribution in [3.8, 4) is 0 Å². The molecule has 0 aliphatic heterocycles. The molecule has 0 saturated carbocycles. The molecule has 0 radical (unpaired) electrons. The summed E-state index contributed by atoms with van der Waals surface area (Å²) in [5.74, 6) is 0. The Kier molecular flexibility index (Phi) is 7.56. The van der Waals surface area contributed by atoms with E-state index in [2.05, 4.69) is 206 Å². The summed E-state index contributed by atoms with van der Waals surface area (Å²) in [5.41, 5.74) is 17.6. The van der Waals surface area contributed by atoms with E-state index < -0.39 is 5.41 Å². The van der Waals surface area contributed by atoms with Gasteiger partial charge in [-0.1, -0.05) is 206 Å². The van der Waals surface area contributed by atoms with Gasteiger partial charge in [-0.05, 0) is 84.4 Å². The molecule has 0 N–H and O–H groups in total. The van der Waals surface area contributed by atoms with Gasteiger partial charge in [-0.3, -0.25) is 0 Å². The van der Waals surface area contributed by atoms with Crippen molar-refractivity contribution in [3.63, 3.8) is 0 Å². The largest absolute Gasteiger partial charge is 0.0716 e. The highest BCUT2D eigenvalue weighted by atomic mass is 14.5. The first-order valence-corrected chi connectivity index (χ1v) is 17.5. The van der Waals surface area contributed by atoms with E-state index in [1.165, 1.54) is 77.9 Å². The molecule has 2 aliphatic carbocycles. The number of fused-ring (bicyclic) bond motifs is 2. The molecule has 2 aliphatic rings. The van der Waals surface area contributed by atoms with E-state index in [4.69, 9.17) is 0 Å². The van der Waals surface area contributed by atoms with Gasteiger partial charge in [0.05, 0.1) is 5.41 Å². The second kappa shape index (κ2) is 12.7. The quantitative estimate of drug-likeness (QED) is 0.170. The third-order valence-electron chi connectivity index (χ3n) is 10.4. The van der Waals surface area contributed by atoms with Crippen LogP contribution in [0.5, 0.6) is 0 Å². The summed E-state index contributed by atoms with van der Waals surface area (Å²) in [7, 11) is 0. The molecule has 0 amide bonds.